The molecular weight excluding hydrogens is 318 g/mol. The number of hydrogen-bond donors (Lipinski definition) is 0. The highest BCUT2D eigenvalue weighted by molar-refractivity contribution is 5.82. The standard InChI is InChI=1S/C19H23N3O3/c1-13-20-16-6-3-14(11-17(16)25-13)12-18(23)21-7-2-8-22(10-9-21)19(24)15-4-5-15/h3,6,11,15H,2,4-5,7-10,12H2,1H3. The van der Waals surface area contributed by atoms with E-state index in [1.165, 1.54) is 0 Å². The van der Waals surface area contributed by atoms with E-state index >= 15 is 0 Å². The molecular formula is C19H23N3O3. The molecule has 1 aromatic carbocycles. The summed E-state index contributed by atoms with van der Waals surface area (Å²) in [6.45, 7) is 4.58. The third-order valence-corrected chi connectivity index (χ3v) is 5.00. The average molecular weight is 341 g/mol. The highest BCUT2D eigenvalue weighted by Crippen LogP contribution is 2.31. The molecule has 1 saturated heterocycles. The molecule has 2 aromatic rings. The number of aryl methyl sites for hydroxylation is 1. The normalized spacial score (nSPS) is 18.4. The van der Waals surface area contributed by atoms with Crippen LogP contribution in [0.25, 0.3) is 11.1 Å². The van der Waals surface area contributed by atoms with E-state index in [1.54, 1.807) is 0 Å². The van der Waals surface area contributed by atoms with Crippen molar-refractivity contribution in [2.75, 3.05) is 26.2 Å². The number of hydrogen-bond acceptors (Lipinski definition) is 4. The Kier molecular flexibility index (Phi) is 4.19. The van der Waals surface area contributed by atoms with Gasteiger partial charge in [0.2, 0.25) is 11.8 Å². The van der Waals surface area contributed by atoms with E-state index in [2.05, 4.69) is 4.98 Å². The van der Waals surface area contributed by atoms with Crippen molar-refractivity contribution in [3.63, 3.8) is 0 Å². The second-order valence-electron chi connectivity index (χ2n) is 7.05. The van der Waals surface area contributed by atoms with Crippen molar-refractivity contribution in [3.8, 4) is 0 Å². The topological polar surface area (TPSA) is 66.7 Å². The lowest BCUT2D eigenvalue weighted by atomic mass is 10.1. The van der Waals surface area contributed by atoms with Gasteiger partial charge in [-0.05, 0) is 37.0 Å². The number of fused-ring (bicyclic) bond motifs is 1. The molecule has 1 aliphatic heterocycles. The number of oxazole rings is 1. The third kappa shape index (κ3) is 3.52. The van der Waals surface area contributed by atoms with E-state index in [0.717, 1.165) is 49.0 Å². The van der Waals surface area contributed by atoms with Crippen LogP contribution in [0.15, 0.2) is 22.6 Å². The quantitative estimate of drug-likeness (QED) is 0.858. The minimum Gasteiger partial charge on any atom is -0.441 e. The Balaban J connectivity index is 1.38. The zero-order valence-electron chi connectivity index (χ0n) is 14.5. The lowest BCUT2D eigenvalue weighted by Gasteiger charge is -2.22. The van der Waals surface area contributed by atoms with Crippen LogP contribution in [-0.4, -0.2) is 52.8 Å². The van der Waals surface area contributed by atoms with Crippen molar-refractivity contribution in [2.45, 2.75) is 32.6 Å². The summed E-state index contributed by atoms with van der Waals surface area (Å²) in [5.74, 6) is 1.27. The van der Waals surface area contributed by atoms with E-state index < -0.39 is 0 Å². The second kappa shape index (κ2) is 6.50. The molecule has 1 aromatic heterocycles. The first-order valence-electron chi connectivity index (χ1n) is 9.03. The summed E-state index contributed by atoms with van der Waals surface area (Å²) in [5.41, 5.74) is 2.47. The minimum absolute atomic E-state index is 0.108. The van der Waals surface area contributed by atoms with Crippen LogP contribution in [0.5, 0.6) is 0 Å². The Bertz CT molecular complexity index is 809. The predicted octanol–water partition coefficient (Wildman–Crippen LogP) is 2.15. The van der Waals surface area contributed by atoms with Gasteiger partial charge in [-0.15, -0.1) is 0 Å². The molecule has 2 fully saturated rings. The zero-order valence-corrected chi connectivity index (χ0v) is 14.5. The van der Waals surface area contributed by atoms with Crippen molar-refractivity contribution < 1.29 is 14.0 Å². The van der Waals surface area contributed by atoms with Gasteiger partial charge in [-0.1, -0.05) is 6.07 Å². The molecule has 1 saturated carbocycles. The van der Waals surface area contributed by atoms with E-state index in [1.807, 2.05) is 34.9 Å². The average Bonchev–Trinajstić information content (AvgIpc) is 3.39. The fourth-order valence-electron chi connectivity index (χ4n) is 3.46. The Morgan fingerprint density at radius 1 is 1.16 bits per heavy atom. The number of amides is 2. The van der Waals surface area contributed by atoms with Gasteiger partial charge in [-0.25, -0.2) is 4.98 Å². The summed E-state index contributed by atoms with van der Waals surface area (Å²) in [7, 11) is 0. The van der Waals surface area contributed by atoms with Gasteiger partial charge in [0.15, 0.2) is 11.5 Å². The number of carbonyl (C=O) groups excluding carboxylic acids is 2. The number of rotatable bonds is 3. The third-order valence-electron chi connectivity index (χ3n) is 5.00. The molecule has 4 rings (SSSR count). The molecule has 0 atom stereocenters. The van der Waals surface area contributed by atoms with Crippen LogP contribution in [0.2, 0.25) is 0 Å². The lowest BCUT2D eigenvalue weighted by molar-refractivity contribution is -0.134. The lowest BCUT2D eigenvalue weighted by Crippen LogP contribution is -2.38. The number of benzene rings is 1. The van der Waals surface area contributed by atoms with Crippen LogP contribution in [0, 0.1) is 12.8 Å². The maximum Gasteiger partial charge on any atom is 0.227 e. The number of nitrogens with zero attached hydrogens (tertiary/aromatic N) is 3. The fraction of sp³-hybridized carbons (Fsp3) is 0.526. The molecule has 1 aliphatic carbocycles. The van der Waals surface area contributed by atoms with E-state index in [-0.39, 0.29) is 17.7 Å². The van der Waals surface area contributed by atoms with Gasteiger partial charge < -0.3 is 14.2 Å². The Morgan fingerprint density at radius 2 is 1.92 bits per heavy atom. The largest absolute Gasteiger partial charge is 0.441 e. The maximum atomic E-state index is 12.7. The molecule has 132 valence electrons. The fourth-order valence-corrected chi connectivity index (χ4v) is 3.46. The van der Waals surface area contributed by atoms with E-state index in [9.17, 15) is 9.59 Å². The molecule has 6 heteroatoms. The molecule has 2 amide bonds. The Hall–Kier alpha value is -2.37. The van der Waals surface area contributed by atoms with Crippen molar-refractivity contribution in [2.24, 2.45) is 5.92 Å². The van der Waals surface area contributed by atoms with Gasteiger partial charge in [-0.2, -0.15) is 0 Å². The molecule has 2 aliphatic rings. The maximum absolute atomic E-state index is 12.7. The van der Waals surface area contributed by atoms with Crippen molar-refractivity contribution in [1.82, 2.24) is 14.8 Å². The van der Waals surface area contributed by atoms with Crippen molar-refractivity contribution >= 4 is 22.9 Å². The van der Waals surface area contributed by atoms with E-state index in [4.69, 9.17) is 4.42 Å². The van der Waals surface area contributed by atoms with Crippen molar-refractivity contribution in [3.05, 3.63) is 29.7 Å². The van der Waals surface area contributed by atoms with Crippen LogP contribution < -0.4 is 0 Å². The van der Waals surface area contributed by atoms with E-state index in [0.29, 0.717) is 25.4 Å². The Morgan fingerprint density at radius 3 is 2.72 bits per heavy atom. The SMILES string of the molecule is Cc1nc2ccc(CC(=O)N3CCCN(C(=O)C4CC4)CC3)cc2o1. The van der Waals surface area contributed by atoms with Crippen molar-refractivity contribution in [1.29, 1.82) is 0 Å². The first kappa shape index (κ1) is 16.1. The first-order chi connectivity index (χ1) is 12.1. The van der Waals surface area contributed by atoms with Crippen LogP contribution in [0.1, 0.15) is 30.7 Å². The molecule has 0 spiro atoms. The van der Waals surface area contributed by atoms with Crippen LogP contribution >= 0.6 is 0 Å². The molecule has 25 heavy (non-hydrogen) atoms. The van der Waals surface area contributed by atoms with Gasteiger partial charge in [-0.3, -0.25) is 9.59 Å². The summed E-state index contributed by atoms with van der Waals surface area (Å²) in [5, 5.41) is 0. The van der Waals surface area contributed by atoms with Crippen LogP contribution in [0.3, 0.4) is 0 Å². The molecule has 2 heterocycles. The monoisotopic (exact) mass is 341 g/mol. The summed E-state index contributed by atoms with van der Waals surface area (Å²) in [4.78, 5) is 33.0. The second-order valence-corrected chi connectivity index (χ2v) is 7.05. The van der Waals surface area contributed by atoms with Gasteiger partial charge in [0, 0.05) is 39.0 Å². The highest BCUT2D eigenvalue weighted by atomic mass is 16.3. The van der Waals surface area contributed by atoms with Crippen LogP contribution in [0.4, 0.5) is 0 Å². The Labute approximate surface area is 146 Å². The molecule has 0 radical (unpaired) electrons. The highest BCUT2D eigenvalue weighted by Gasteiger charge is 2.34. The molecule has 6 nitrogen and oxygen atoms in total. The summed E-state index contributed by atoms with van der Waals surface area (Å²) >= 11 is 0. The first-order valence-corrected chi connectivity index (χ1v) is 9.03. The minimum atomic E-state index is 0.108. The predicted molar refractivity (Wildman–Crippen MR) is 93.0 cm³/mol. The molecule has 0 bridgehead atoms. The van der Waals surface area contributed by atoms with Crippen LogP contribution in [-0.2, 0) is 16.0 Å². The van der Waals surface area contributed by atoms with Gasteiger partial charge in [0.1, 0.15) is 5.52 Å². The number of carbonyl (C=O) groups is 2. The summed E-state index contributed by atoms with van der Waals surface area (Å²) in [6.07, 6.45) is 3.26. The number of aromatic nitrogens is 1. The van der Waals surface area contributed by atoms with Gasteiger partial charge in [0.05, 0.1) is 6.42 Å². The summed E-state index contributed by atoms with van der Waals surface area (Å²) in [6, 6.07) is 5.73. The summed E-state index contributed by atoms with van der Waals surface area (Å²) < 4.78 is 5.54. The smallest absolute Gasteiger partial charge is 0.227 e. The molecule has 0 N–H and O–H groups in total. The zero-order chi connectivity index (χ0) is 17.4. The van der Waals surface area contributed by atoms with Gasteiger partial charge in [0.25, 0.3) is 0 Å². The molecule has 0 unspecified atom stereocenters. The van der Waals surface area contributed by atoms with Gasteiger partial charge >= 0.3 is 0 Å².